The third-order valence-electron chi connectivity index (χ3n) is 2.38. The Bertz CT molecular complexity index is 688. The largest absolute Gasteiger partial charge is 0.369 e. The zero-order valence-corrected chi connectivity index (χ0v) is 12.0. The molecule has 2 aromatic heterocycles. The molecule has 0 saturated heterocycles. The Kier molecular flexibility index (Phi) is 4.68. The number of hydrogen-bond donors (Lipinski definition) is 2. The molecule has 6 nitrogen and oxygen atoms in total. The van der Waals surface area contributed by atoms with Crippen LogP contribution in [0.3, 0.4) is 0 Å². The highest BCUT2D eigenvalue weighted by Gasteiger charge is 2.13. The van der Waals surface area contributed by atoms with E-state index in [-0.39, 0.29) is 6.54 Å². The lowest BCUT2D eigenvalue weighted by Crippen LogP contribution is -2.28. The summed E-state index contributed by atoms with van der Waals surface area (Å²) in [5, 5.41) is 13.3. The van der Waals surface area contributed by atoms with Crippen LogP contribution in [0.5, 0.6) is 0 Å². The summed E-state index contributed by atoms with van der Waals surface area (Å²) < 4.78 is 26.4. The van der Waals surface area contributed by atoms with E-state index in [1.165, 1.54) is 17.5 Å². The molecule has 0 aliphatic heterocycles. The van der Waals surface area contributed by atoms with Crippen LogP contribution in [0.4, 0.5) is 5.82 Å². The van der Waals surface area contributed by atoms with Crippen LogP contribution in [0, 0.1) is 11.3 Å². The SMILES string of the molecule is N#Cc1ccc(NCCNS(=O)(=O)c2cccs2)nc1. The average molecular weight is 308 g/mol. The molecule has 0 unspecified atom stereocenters. The third kappa shape index (κ3) is 3.77. The van der Waals surface area contributed by atoms with Crippen molar-refractivity contribution in [1.29, 1.82) is 5.26 Å². The predicted molar refractivity (Wildman–Crippen MR) is 76.9 cm³/mol. The van der Waals surface area contributed by atoms with Crippen LogP contribution in [0.15, 0.2) is 40.1 Å². The van der Waals surface area contributed by atoms with Gasteiger partial charge in [-0.25, -0.2) is 18.1 Å². The fourth-order valence-electron chi connectivity index (χ4n) is 1.43. The first-order valence-corrected chi connectivity index (χ1v) is 8.11. The Morgan fingerprint density at radius 2 is 2.15 bits per heavy atom. The summed E-state index contributed by atoms with van der Waals surface area (Å²) in [4.78, 5) is 4.02. The van der Waals surface area contributed by atoms with Gasteiger partial charge in [0.2, 0.25) is 10.0 Å². The average Bonchev–Trinajstić information content (AvgIpc) is 2.99. The molecule has 0 aliphatic rings. The second kappa shape index (κ2) is 6.47. The van der Waals surface area contributed by atoms with E-state index in [9.17, 15) is 8.42 Å². The first-order chi connectivity index (χ1) is 9.62. The lowest BCUT2D eigenvalue weighted by molar-refractivity contribution is 0.585. The van der Waals surface area contributed by atoms with Crippen molar-refractivity contribution in [2.24, 2.45) is 0 Å². The number of nitrogens with one attached hydrogen (secondary N) is 2. The molecular formula is C12H12N4O2S2. The van der Waals surface area contributed by atoms with E-state index in [0.29, 0.717) is 22.1 Å². The minimum absolute atomic E-state index is 0.252. The van der Waals surface area contributed by atoms with Gasteiger partial charge in [-0.15, -0.1) is 11.3 Å². The fourth-order valence-corrected chi connectivity index (χ4v) is 3.50. The zero-order chi connectivity index (χ0) is 14.4. The van der Waals surface area contributed by atoms with Crippen molar-refractivity contribution >= 4 is 27.2 Å². The van der Waals surface area contributed by atoms with Crippen LogP contribution in [-0.4, -0.2) is 26.5 Å². The van der Waals surface area contributed by atoms with Crippen molar-refractivity contribution in [3.63, 3.8) is 0 Å². The minimum atomic E-state index is -3.42. The van der Waals surface area contributed by atoms with Crippen molar-refractivity contribution in [3.8, 4) is 6.07 Å². The number of pyridine rings is 1. The number of aromatic nitrogens is 1. The molecule has 2 heterocycles. The number of anilines is 1. The molecule has 0 saturated carbocycles. The van der Waals surface area contributed by atoms with Gasteiger partial charge in [-0.2, -0.15) is 5.26 Å². The van der Waals surface area contributed by atoms with Crippen LogP contribution in [-0.2, 0) is 10.0 Å². The lowest BCUT2D eigenvalue weighted by atomic mass is 10.3. The van der Waals surface area contributed by atoms with Gasteiger partial charge in [0.1, 0.15) is 16.1 Å². The monoisotopic (exact) mass is 308 g/mol. The topological polar surface area (TPSA) is 94.9 Å². The minimum Gasteiger partial charge on any atom is -0.369 e. The van der Waals surface area contributed by atoms with Gasteiger partial charge in [0.15, 0.2) is 0 Å². The molecular weight excluding hydrogens is 296 g/mol. The Labute approximate surface area is 121 Å². The summed E-state index contributed by atoms with van der Waals surface area (Å²) in [7, 11) is -3.42. The lowest BCUT2D eigenvalue weighted by Gasteiger charge is -2.07. The smallest absolute Gasteiger partial charge is 0.250 e. The van der Waals surface area contributed by atoms with Gasteiger partial charge in [-0.3, -0.25) is 0 Å². The van der Waals surface area contributed by atoms with Crippen LogP contribution in [0.25, 0.3) is 0 Å². The van der Waals surface area contributed by atoms with E-state index >= 15 is 0 Å². The number of nitrogens with zero attached hydrogens (tertiary/aromatic N) is 2. The summed E-state index contributed by atoms with van der Waals surface area (Å²) in [5.74, 6) is 0.597. The van der Waals surface area contributed by atoms with Crippen molar-refractivity contribution in [1.82, 2.24) is 9.71 Å². The molecule has 0 aromatic carbocycles. The molecule has 8 heteroatoms. The Hall–Kier alpha value is -1.95. The van der Waals surface area contributed by atoms with E-state index < -0.39 is 10.0 Å². The number of rotatable bonds is 6. The van der Waals surface area contributed by atoms with E-state index in [2.05, 4.69) is 15.0 Å². The zero-order valence-electron chi connectivity index (χ0n) is 10.4. The first-order valence-electron chi connectivity index (χ1n) is 5.75. The molecule has 0 fully saturated rings. The molecule has 0 atom stereocenters. The van der Waals surface area contributed by atoms with E-state index in [1.54, 1.807) is 29.6 Å². The number of hydrogen-bond acceptors (Lipinski definition) is 6. The highest BCUT2D eigenvalue weighted by molar-refractivity contribution is 7.91. The predicted octanol–water partition coefficient (Wildman–Crippen LogP) is 1.41. The Balaban J connectivity index is 1.80. The summed E-state index contributed by atoms with van der Waals surface area (Å²) in [6.45, 7) is 0.658. The van der Waals surface area contributed by atoms with Crippen LogP contribution >= 0.6 is 11.3 Å². The van der Waals surface area contributed by atoms with Crippen LogP contribution in [0.2, 0.25) is 0 Å². The molecule has 2 aromatic rings. The van der Waals surface area contributed by atoms with E-state index in [4.69, 9.17) is 5.26 Å². The molecule has 0 amide bonds. The van der Waals surface area contributed by atoms with Gasteiger partial charge < -0.3 is 5.32 Å². The van der Waals surface area contributed by atoms with E-state index in [1.807, 2.05) is 6.07 Å². The second-order valence-corrected chi connectivity index (χ2v) is 6.74. The number of thiophene rings is 1. The summed E-state index contributed by atoms with van der Waals surface area (Å²) in [6, 6.07) is 8.54. The summed E-state index contributed by atoms with van der Waals surface area (Å²) >= 11 is 1.17. The molecule has 0 radical (unpaired) electrons. The Morgan fingerprint density at radius 3 is 2.75 bits per heavy atom. The maximum Gasteiger partial charge on any atom is 0.250 e. The maximum absolute atomic E-state index is 11.8. The molecule has 0 aliphatic carbocycles. The quantitative estimate of drug-likeness (QED) is 0.787. The van der Waals surface area contributed by atoms with Gasteiger partial charge in [0.05, 0.1) is 5.56 Å². The maximum atomic E-state index is 11.8. The van der Waals surface area contributed by atoms with Gasteiger partial charge in [-0.05, 0) is 23.6 Å². The molecule has 0 spiro atoms. The van der Waals surface area contributed by atoms with Crippen molar-refractivity contribution < 1.29 is 8.42 Å². The van der Waals surface area contributed by atoms with Crippen molar-refractivity contribution in [2.45, 2.75) is 4.21 Å². The van der Waals surface area contributed by atoms with E-state index in [0.717, 1.165) is 0 Å². The normalized spacial score (nSPS) is 10.9. The van der Waals surface area contributed by atoms with Gasteiger partial charge >= 0.3 is 0 Å². The molecule has 0 bridgehead atoms. The van der Waals surface area contributed by atoms with Crippen LogP contribution in [0.1, 0.15) is 5.56 Å². The Morgan fingerprint density at radius 1 is 1.30 bits per heavy atom. The molecule has 20 heavy (non-hydrogen) atoms. The molecule has 2 rings (SSSR count). The number of sulfonamides is 1. The number of nitriles is 1. The first kappa shape index (κ1) is 14.5. The highest BCUT2D eigenvalue weighted by Crippen LogP contribution is 2.14. The highest BCUT2D eigenvalue weighted by atomic mass is 32.2. The molecule has 2 N–H and O–H groups in total. The van der Waals surface area contributed by atoms with Crippen molar-refractivity contribution in [3.05, 3.63) is 41.4 Å². The van der Waals surface area contributed by atoms with Gasteiger partial charge in [0, 0.05) is 19.3 Å². The summed E-state index contributed by atoms with van der Waals surface area (Å²) in [5.41, 5.74) is 0.481. The summed E-state index contributed by atoms with van der Waals surface area (Å²) in [6.07, 6.45) is 1.46. The van der Waals surface area contributed by atoms with Crippen molar-refractivity contribution in [2.75, 3.05) is 18.4 Å². The molecule has 104 valence electrons. The van der Waals surface area contributed by atoms with Gasteiger partial charge in [-0.1, -0.05) is 6.07 Å². The fraction of sp³-hybridized carbons (Fsp3) is 0.167. The van der Waals surface area contributed by atoms with Gasteiger partial charge in [0.25, 0.3) is 0 Å². The second-order valence-electron chi connectivity index (χ2n) is 3.80. The van der Waals surface area contributed by atoms with Crippen LogP contribution < -0.4 is 10.0 Å². The standard InChI is InChI=1S/C12H12N4O2S2/c13-8-10-3-4-11(15-9-10)14-5-6-16-20(17,18)12-2-1-7-19-12/h1-4,7,9,16H,5-6H2,(H,14,15). The third-order valence-corrected chi connectivity index (χ3v) is 5.23.